The normalized spacial score (nSPS) is 11.2. The minimum Gasteiger partial charge on any atom is -0.361 e. The lowest BCUT2D eigenvalue weighted by molar-refractivity contribution is 0.0731. The fourth-order valence-corrected chi connectivity index (χ4v) is 4.23. The molecular formula is C25H20BrN3O. The average Bonchev–Trinajstić information content (AvgIpc) is 3.43. The fourth-order valence-electron chi connectivity index (χ4n) is 3.96. The van der Waals surface area contributed by atoms with Crippen molar-refractivity contribution >= 4 is 43.6 Å². The Hall–Kier alpha value is -3.31. The van der Waals surface area contributed by atoms with Gasteiger partial charge < -0.3 is 14.9 Å². The number of hydrogen-bond acceptors (Lipinski definition) is 1. The molecule has 1 amide bonds. The van der Waals surface area contributed by atoms with Crippen molar-refractivity contribution in [2.45, 2.75) is 13.1 Å². The Bertz CT molecular complexity index is 1260. The maximum atomic E-state index is 13.5. The largest absolute Gasteiger partial charge is 0.361 e. The minimum atomic E-state index is 0.0163. The van der Waals surface area contributed by atoms with Gasteiger partial charge in [-0.3, -0.25) is 4.79 Å². The molecule has 0 saturated carbocycles. The monoisotopic (exact) mass is 457 g/mol. The minimum absolute atomic E-state index is 0.0163. The number of hydrogen-bond donors (Lipinski definition) is 2. The van der Waals surface area contributed by atoms with Gasteiger partial charge >= 0.3 is 0 Å². The average molecular weight is 458 g/mol. The standard InChI is InChI=1S/C25H20BrN3O/c26-20-9-7-17(8-10-20)25(30)29(15-18-3-1-5-23-21(18)11-13-27-23)16-19-4-2-6-24-22(19)12-14-28-24/h1-14,27-28H,15-16H2. The van der Waals surface area contributed by atoms with Crippen molar-refractivity contribution in [2.75, 3.05) is 0 Å². The van der Waals surface area contributed by atoms with Crippen molar-refractivity contribution in [3.8, 4) is 0 Å². The first-order valence-corrected chi connectivity index (χ1v) is 10.6. The van der Waals surface area contributed by atoms with E-state index in [0.717, 1.165) is 37.4 Å². The van der Waals surface area contributed by atoms with Gasteiger partial charge in [0.05, 0.1) is 0 Å². The molecule has 2 N–H and O–H groups in total. The van der Waals surface area contributed by atoms with Crippen LogP contribution in [0.25, 0.3) is 21.8 Å². The van der Waals surface area contributed by atoms with Gasteiger partial charge in [0.15, 0.2) is 0 Å². The van der Waals surface area contributed by atoms with Crippen LogP contribution in [0.15, 0.2) is 89.7 Å². The smallest absolute Gasteiger partial charge is 0.254 e. The van der Waals surface area contributed by atoms with Crippen LogP contribution in [0.4, 0.5) is 0 Å². The third kappa shape index (κ3) is 3.53. The van der Waals surface area contributed by atoms with E-state index in [4.69, 9.17) is 0 Å². The number of rotatable bonds is 5. The van der Waals surface area contributed by atoms with E-state index in [1.807, 2.05) is 53.7 Å². The number of nitrogens with one attached hydrogen (secondary N) is 2. The van der Waals surface area contributed by atoms with Crippen LogP contribution in [-0.2, 0) is 13.1 Å². The molecule has 0 bridgehead atoms. The number of carbonyl (C=O) groups is 1. The highest BCUT2D eigenvalue weighted by Crippen LogP contribution is 2.24. The maximum Gasteiger partial charge on any atom is 0.254 e. The Morgan fingerprint density at radius 1 is 0.733 bits per heavy atom. The van der Waals surface area contributed by atoms with Crippen LogP contribution in [0.3, 0.4) is 0 Å². The number of fused-ring (bicyclic) bond motifs is 2. The Balaban J connectivity index is 1.54. The molecular weight excluding hydrogens is 438 g/mol. The van der Waals surface area contributed by atoms with Gasteiger partial charge in [-0.1, -0.05) is 40.2 Å². The first-order chi connectivity index (χ1) is 14.7. The topological polar surface area (TPSA) is 51.9 Å². The number of benzene rings is 3. The molecule has 5 aromatic rings. The molecule has 5 heteroatoms. The first kappa shape index (κ1) is 18.7. The molecule has 0 aliphatic rings. The number of amides is 1. The zero-order chi connectivity index (χ0) is 20.5. The SMILES string of the molecule is O=C(c1ccc(Br)cc1)N(Cc1cccc2[nH]ccc12)Cc1cccc2[nH]ccc12. The molecule has 0 radical (unpaired) electrons. The van der Waals surface area contributed by atoms with Gasteiger partial charge in [0.2, 0.25) is 0 Å². The Labute approximate surface area is 182 Å². The quantitative estimate of drug-likeness (QED) is 0.321. The molecule has 148 valence electrons. The van der Waals surface area contributed by atoms with Crippen molar-refractivity contribution < 1.29 is 4.79 Å². The summed E-state index contributed by atoms with van der Waals surface area (Å²) < 4.78 is 0.958. The zero-order valence-corrected chi connectivity index (χ0v) is 17.8. The lowest BCUT2D eigenvalue weighted by atomic mass is 10.1. The summed E-state index contributed by atoms with van der Waals surface area (Å²) in [5, 5.41) is 2.29. The molecule has 0 atom stereocenters. The van der Waals surface area contributed by atoms with Crippen LogP contribution in [0.5, 0.6) is 0 Å². The van der Waals surface area contributed by atoms with Gasteiger partial charge in [0.1, 0.15) is 0 Å². The molecule has 2 aromatic heterocycles. The summed E-state index contributed by atoms with van der Waals surface area (Å²) in [7, 11) is 0. The third-order valence-electron chi connectivity index (χ3n) is 5.47. The molecule has 30 heavy (non-hydrogen) atoms. The van der Waals surface area contributed by atoms with E-state index in [1.54, 1.807) is 0 Å². The van der Waals surface area contributed by atoms with Crippen molar-refractivity contribution in [3.63, 3.8) is 0 Å². The highest BCUT2D eigenvalue weighted by Gasteiger charge is 2.19. The summed E-state index contributed by atoms with van der Waals surface area (Å²) in [6.07, 6.45) is 3.88. The molecule has 2 heterocycles. The number of carbonyl (C=O) groups excluding carboxylic acids is 1. The summed E-state index contributed by atoms with van der Waals surface area (Å²) in [6, 6.07) is 24.0. The van der Waals surface area contributed by atoms with Crippen molar-refractivity contribution in [2.24, 2.45) is 0 Å². The van der Waals surface area contributed by atoms with Crippen molar-refractivity contribution in [1.29, 1.82) is 0 Å². The second kappa shape index (κ2) is 7.84. The van der Waals surface area contributed by atoms with Crippen LogP contribution in [0.1, 0.15) is 21.5 Å². The summed E-state index contributed by atoms with van der Waals surface area (Å²) >= 11 is 3.45. The van der Waals surface area contributed by atoms with Crippen LogP contribution >= 0.6 is 15.9 Å². The first-order valence-electron chi connectivity index (χ1n) is 9.84. The van der Waals surface area contributed by atoms with Crippen molar-refractivity contribution in [1.82, 2.24) is 14.9 Å². The molecule has 0 aliphatic heterocycles. The number of H-pyrrole nitrogens is 2. The molecule has 0 saturated heterocycles. The fraction of sp³-hybridized carbons (Fsp3) is 0.0800. The highest BCUT2D eigenvalue weighted by molar-refractivity contribution is 9.10. The predicted molar refractivity (Wildman–Crippen MR) is 124 cm³/mol. The van der Waals surface area contributed by atoms with E-state index in [2.05, 4.69) is 62.3 Å². The van der Waals surface area contributed by atoms with Crippen molar-refractivity contribution in [3.05, 3.63) is 106 Å². The van der Waals surface area contributed by atoms with E-state index in [-0.39, 0.29) is 5.91 Å². The molecule has 0 fully saturated rings. The van der Waals surface area contributed by atoms with Crippen LogP contribution in [0.2, 0.25) is 0 Å². The third-order valence-corrected chi connectivity index (χ3v) is 6.00. The van der Waals surface area contributed by atoms with Gasteiger partial charge in [0.25, 0.3) is 5.91 Å². The molecule has 0 spiro atoms. The summed E-state index contributed by atoms with van der Waals surface area (Å²) in [6.45, 7) is 1.07. The second-order valence-corrected chi connectivity index (χ2v) is 8.30. The number of aromatic nitrogens is 2. The lowest BCUT2D eigenvalue weighted by Gasteiger charge is -2.24. The summed E-state index contributed by atoms with van der Waals surface area (Å²) in [5.74, 6) is 0.0163. The predicted octanol–water partition coefficient (Wildman–Crippen LogP) is 6.25. The lowest BCUT2D eigenvalue weighted by Crippen LogP contribution is -2.30. The Morgan fingerprint density at radius 2 is 1.27 bits per heavy atom. The molecule has 5 rings (SSSR count). The molecule has 4 nitrogen and oxygen atoms in total. The van der Waals surface area contributed by atoms with E-state index >= 15 is 0 Å². The van der Waals surface area contributed by atoms with Gasteiger partial charge in [-0.2, -0.15) is 0 Å². The number of halogens is 1. The van der Waals surface area contributed by atoms with Gasteiger partial charge in [-0.15, -0.1) is 0 Å². The van der Waals surface area contributed by atoms with E-state index in [1.165, 1.54) is 0 Å². The Kier molecular flexibility index (Phi) is 4.89. The second-order valence-electron chi connectivity index (χ2n) is 7.38. The van der Waals surface area contributed by atoms with Gasteiger partial charge in [-0.05, 0) is 59.7 Å². The van der Waals surface area contributed by atoms with E-state index in [9.17, 15) is 4.79 Å². The van der Waals surface area contributed by atoms with Gasteiger partial charge in [0, 0.05) is 57.3 Å². The maximum absolute atomic E-state index is 13.5. The van der Waals surface area contributed by atoms with Crippen LogP contribution in [-0.4, -0.2) is 20.8 Å². The van der Waals surface area contributed by atoms with Crippen LogP contribution < -0.4 is 0 Å². The summed E-state index contributed by atoms with van der Waals surface area (Å²) in [4.78, 5) is 21.9. The van der Waals surface area contributed by atoms with Gasteiger partial charge in [-0.25, -0.2) is 0 Å². The van der Waals surface area contributed by atoms with Crippen LogP contribution in [0, 0.1) is 0 Å². The van der Waals surface area contributed by atoms with E-state index in [0.29, 0.717) is 18.7 Å². The number of aromatic amines is 2. The molecule has 3 aromatic carbocycles. The molecule has 0 aliphatic carbocycles. The highest BCUT2D eigenvalue weighted by atomic mass is 79.9. The number of nitrogens with zero attached hydrogens (tertiary/aromatic N) is 1. The summed E-state index contributed by atoms with van der Waals surface area (Å²) in [5.41, 5.74) is 5.09. The van der Waals surface area contributed by atoms with E-state index < -0.39 is 0 Å². The Morgan fingerprint density at radius 3 is 1.80 bits per heavy atom. The molecule has 0 unspecified atom stereocenters. The zero-order valence-electron chi connectivity index (χ0n) is 16.2.